The lowest BCUT2D eigenvalue weighted by molar-refractivity contribution is 0.00688. The molecule has 164 valence electrons. The van der Waals surface area contributed by atoms with Crippen LogP contribution < -0.4 is 0 Å². The number of ether oxygens (including phenoxy) is 3. The average Bonchev–Trinajstić information content (AvgIpc) is 2.60. The summed E-state index contributed by atoms with van der Waals surface area (Å²) in [6.07, 6.45) is 0. The van der Waals surface area contributed by atoms with Crippen LogP contribution in [0.2, 0.25) is 10.3 Å². The van der Waals surface area contributed by atoms with Crippen LogP contribution in [0.5, 0.6) is 0 Å². The van der Waals surface area contributed by atoms with Crippen molar-refractivity contribution in [3.8, 4) is 0 Å². The quantitative estimate of drug-likeness (QED) is 0.500. The molecule has 0 aliphatic rings. The lowest BCUT2D eigenvalue weighted by atomic mass is 10.2. The van der Waals surface area contributed by atoms with Crippen molar-refractivity contribution in [2.75, 3.05) is 14.2 Å². The zero-order chi connectivity index (χ0) is 22.9. The first-order valence-corrected chi connectivity index (χ1v) is 9.48. The molecule has 0 saturated carbocycles. The fourth-order valence-electron chi connectivity index (χ4n) is 2.12. The van der Waals surface area contributed by atoms with E-state index in [9.17, 15) is 9.59 Å². The predicted octanol–water partition coefficient (Wildman–Crippen LogP) is 4.42. The molecule has 0 atom stereocenters. The molecule has 0 aromatic carbocycles. The van der Waals surface area contributed by atoms with Crippen LogP contribution in [0.15, 0.2) is 24.3 Å². The Morgan fingerprint density at radius 3 is 1.73 bits per heavy atom. The summed E-state index contributed by atoms with van der Waals surface area (Å²) in [4.78, 5) is 30.3. The van der Waals surface area contributed by atoms with Crippen molar-refractivity contribution in [1.82, 2.24) is 9.97 Å². The third-order valence-corrected chi connectivity index (χ3v) is 3.55. The number of carbonyl (C=O) groups excluding carboxylic acids is 1. The SMILES string of the molecule is COCc1cc(C(=O)O)cc(Cl)n1.COCc1cc(C(=O)OC(C)(C)C)cc(Cl)n1. The first-order chi connectivity index (χ1) is 13.9. The summed E-state index contributed by atoms with van der Waals surface area (Å²) < 4.78 is 15.0. The largest absolute Gasteiger partial charge is 0.478 e. The highest BCUT2D eigenvalue weighted by atomic mass is 35.5. The van der Waals surface area contributed by atoms with Crippen LogP contribution in [0, 0.1) is 0 Å². The van der Waals surface area contributed by atoms with Gasteiger partial charge >= 0.3 is 11.9 Å². The summed E-state index contributed by atoms with van der Waals surface area (Å²) in [5.41, 5.74) is 1.07. The maximum Gasteiger partial charge on any atom is 0.338 e. The molecule has 8 nitrogen and oxygen atoms in total. The van der Waals surface area contributed by atoms with E-state index in [2.05, 4.69) is 9.97 Å². The third kappa shape index (κ3) is 9.49. The van der Waals surface area contributed by atoms with E-state index in [1.165, 1.54) is 25.3 Å². The third-order valence-electron chi connectivity index (χ3n) is 3.16. The molecule has 0 unspecified atom stereocenters. The molecule has 10 heteroatoms. The lowest BCUT2D eigenvalue weighted by Crippen LogP contribution is -2.24. The summed E-state index contributed by atoms with van der Waals surface area (Å²) in [6, 6.07) is 5.82. The molecular formula is C20H24Cl2N2O6. The molecule has 0 spiro atoms. The van der Waals surface area contributed by atoms with Crippen LogP contribution in [0.1, 0.15) is 52.9 Å². The van der Waals surface area contributed by atoms with Gasteiger partial charge in [-0.25, -0.2) is 19.6 Å². The van der Waals surface area contributed by atoms with Crippen LogP contribution in [-0.2, 0) is 27.4 Å². The minimum atomic E-state index is -1.03. The maximum absolute atomic E-state index is 11.8. The molecule has 0 fully saturated rings. The van der Waals surface area contributed by atoms with Gasteiger partial charge in [-0.3, -0.25) is 0 Å². The van der Waals surface area contributed by atoms with E-state index in [4.69, 9.17) is 42.5 Å². The van der Waals surface area contributed by atoms with Crippen LogP contribution in [0.3, 0.4) is 0 Å². The molecule has 2 aromatic rings. The summed E-state index contributed by atoms with van der Waals surface area (Å²) in [5.74, 6) is -1.44. The van der Waals surface area contributed by atoms with Crippen LogP contribution >= 0.6 is 23.2 Å². The Morgan fingerprint density at radius 1 is 0.900 bits per heavy atom. The van der Waals surface area contributed by atoms with Crippen molar-refractivity contribution in [1.29, 1.82) is 0 Å². The van der Waals surface area contributed by atoms with Crippen molar-refractivity contribution in [2.45, 2.75) is 39.6 Å². The Balaban J connectivity index is 0.000000311. The Labute approximate surface area is 185 Å². The van der Waals surface area contributed by atoms with Gasteiger partial charge in [0.05, 0.1) is 35.7 Å². The number of aromatic nitrogens is 2. The summed E-state index contributed by atoms with van der Waals surface area (Å²) in [5, 5.41) is 9.08. The lowest BCUT2D eigenvalue weighted by Gasteiger charge is -2.19. The number of nitrogens with zero attached hydrogens (tertiary/aromatic N) is 2. The van der Waals surface area contributed by atoms with Crippen molar-refractivity contribution in [3.05, 3.63) is 57.1 Å². The zero-order valence-electron chi connectivity index (χ0n) is 17.4. The number of esters is 1. The van der Waals surface area contributed by atoms with Crippen LogP contribution in [0.4, 0.5) is 0 Å². The topological polar surface area (TPSA) is 108 Å². The van der Waals surface area contributed by atoms with E-state index in [0.29, 0.717) is 23.6 Å². The molecule has 0 saturated heterocycles. The monoisotopic (exact) mass is 458 g/mol. The molecular weight excluding hydrogens is 435 g/mol. The summed E-state index contributed by atoms with van der Waals surface area (Å²) in [7, 11) is 3.05. The Bertz CT molecular complexity index is 884. The van der Waals surface area contributed by atoms with Crippen molar-refractivity contribution in [2.24, 2.45) is 0 Å². The summed E-state index contributed by atoms with van der Waals surface area (Å²) >= 11 is 11.4. The van der Waals surface area contributed by atoms with Crippen molar-refractivity contribution >= 4 is 35.1 Å². The van der Waals surface area contributed by atoms with E-state index < -0.39 is 17.5 Å². The average molecular weight is 459 g/mol. The van der Waals surface area contributed by atoms with Gasteiger partial charge in [0.1, 0.15) is 15.9 Å². The molecule has 2 heterocycles. The number of carboxylic acids is 1. The Morgan fingerprint density at radius 2 is 1.33 bits per heavy atom. The second-order valence-corrected chi connectivity index (χ2v) is 7.79. The minimum absolute atomic E-state index is 0.118. The Kier molecular flexibility index (Phi) is 10.1. The van der Waals surface area contributed by atoms with Gasteiger partial charge in [0.25, 0.3) is 0 Å². The first-order valence-electron chi connectivity index (χ1n) is 8.72. The fourth-order valence-corrected chi connectivity index (χ4v) is 2.58. The fraction of sp³-hybridized carbons (Fsp3) is 0.400. The molecule has 30 heavy (non-hydrogen) atoms. The van der Waals surface area contributed by atoms with Gasteiger partial charge in [-0.05, 0) is 45.0 Å². The molecule has 2 rings (SSSR count). The van der Waals surface area contributed by atoms with Crippen molar-refractivity contribution < 1.29 is 28.9 Å². The van der Waals surface area contributed by atoms with E-state index in [1.54, 1.807) is 13.2 Å². The molecule has 0 radical (unpaired) electrons. The summed E-state index contributed by atoms with van der Waals surface area (Å²) in [6.45, 7) is 5.98. The molecule has 0 aliphatic heterocycles. The minimum Gasteiger partial charge on any atom is -0.478 e. The highest BCUT2D eigenvalue weighted by Crippen LogP contribution is 2.16. The number of methoxy groups -OCH3 is 2. The number of carbonyl (C=O) groups is 2. The molecule has 0 bridgehead atoms. The van der Waals surface area contributed by atoms with Gasteiger partial charge in [-0.15, -0.1) is 0 Å². The van der Waals surface area contributed by atoms with Crippen LogP contribution in [0.25, 0.3) is 0 Å². The standard InChI is InChI=1S/C12H16ClNO3.C8H8ClNO3/c1-12(2,3)17-11(15)8-5-9(7-16-4)14-10(13)6-8;1-13-4-6-2-5(8(11)12)3-7(9)10-6/h5-6H,7H2,1-4H3;2-3H,4H2,1H3,(H,11,12). The molecule has 1 N–H and O–H groups in total. The number of aromatic carboxylic acids is 1. The first kappa shape index (κ1) is 25.8. The molecule has 2 aromatic heterocycles. The highest BCUT2D eigenvalue weighted by Gasteiger charge is 2.19. The second kappa shape index (κ2) is 11.8. The number of halogens is 2. The number of rotatable bonds is 6. The van der Waals surface area contributed by atoms with Gasteiger partial charge in [0.15, 0.2) is 0 Å². The van der Waals surface area contributed by atoms with Gasteiger partial charge in [-0.2, -0.15) is 0 Å². The Hall–Kier alpha value is -2.26. The van der Waals surface area contributed by atoms with E-state index in [-0.39, 0.29) is 22.5 Å². The maximum atomic E-state index is 11.8. The number of pyridine rings is 2. The second-order valence-electron chi connectivity index (χ2n) is 7.01. The van der Waals surface area contributed by atoms with E-state index in [1.807, 2.05) is 20.8 Å². The highest BCUT2D eigenvalue weighted by molar-refractivity contribution is 6.30. The smallest absolute Gasteiger partial charge is 0.338 e. The van der Waals surface area contributed by atoms with Gasteiger partial charge in [-0.1, -0.05) is 23.2 Å². The van der Waals surface area contributed by atoms with Gasteiger partial charge < -0.3 is 19.3 Å². The van der Waals surface area contributed by atoms with Gasteiger partial charge in [0, 0.05) is 14.2 Å². The van der Waals surface area contributed by atoms with E-state index in [0.717, 1.165) is 0 Å². The molecule has 0 aliphatic carbocycles. The number of carboxylic acid groups (broad SMARTS) is 1. The normalized spacial score (nSPS) is 10.8. The van der Waals surface area contributed by atoms with Gasteiger partial charge in [0.2, 0.25) is 0 Å². The molecule has 0 amide bonds. The number of hydrogen-bond donors (Lipinski definition) is 1. The number of hydrogen-bond acceptors (Lipinski definition) is 7. The van der Waals surface area contributed by atoms with Crippen molar-refractivity contribution in [3.63, 3.8) is 0 Å². The zero-order valence-corrected chi connectivity index (χ0v) is 18.9. The van der Waals surface area contributed by atoms with Crippen LogP contribution in [-0.4, -0.2) is 46.8 Å². The predicted molar refractivity (Wildman–Crippen MR) is 112 cm³/mol. The van der Waals surface area contributed by atoms with E-state index >= 15 is 0 Å².